The number of hydrogen-bond donors (Lipinski definition) is 4. The molecule has 1 aromatic heterocycles. The van der Waals surface area contributed by atoms with Crippen LogP contribution in [0.15, 0.2) is 40.6 Å². The van der Waals surface area contributed by atoms with Crippen LogP contribution in [-0.4, -0.2) is 33.0 Å². The van der Waals surface area contributed by atoms with E-state index in [1.165, 1.54) is 36.2 Å². The minimum absolute atomic E-state index is 0.0492. The molecule has 2 aromatic carbocycles. The van der Waals surface area contributed by atoms with Gasteiger partial charge in [0.1, 0.15) is 5.37 Å². The minimum atomic E-state index is -1.41. The second-order valence-electron chi connectivity index (χ2n) is 6.80. The Morgan fingerprint density at radius 3 is 2.71 bits per heavy atom. The lowest BCUT2D eigenvalue weighted by molar-refractivity contribution is -0.457. The average Bonchev–Trinajstić information content (AvgIpc) is 3.36. The molecule has 31 heavy (non-hydrogen) atoms. The van der Waals surface area contributed by atoms with Crippen molar-refractivity contribution >= 4 is 45.4 Å². The van der Waals surface area contributed by atoms with Crippen molar-refractivity contribution < 1.29 is 28.6 Å². The van der Waals surface area contributed by atoms with E-state index in [0.29, 0.717) is 10.4 Å². The van der Waals surface area contributed by atoms with Gasteiger partial charge in [-0.2, -0.15) is 0 Å². The summed E-state index contributed by atoms with van der Waals surface area (Å²) in [5.74, 6) is -3.62. The van der Waals surface area contributed by atoms with Crippen molar-refractivity contribution in [1.29, 1.82) is 0 Å². The normalized spacial score (nSPS) is 14.8. The Kier molecular flexibility index (Phi) is 5.65. The highest BCUT2D eigenvalue weighted by molar-refractivity contribution is 8.00. The van der Waals surface area contributed by atoms with Crippen molar-refractivity contribution in [1.82, 2.24) is 0 Å². The second-order valence-corrected chi connectivity index (χ2v) is 8.87. The molecular weight excluding hydrogens is 448 g/mol. The van der Waals surface area contributed by atoms with E-state index in [-0.39, 0.29) is 33.8 Å². The molecule has 0 spiro atoms. The molecular formula is C20H16F2N3O4S2+. The molecule has 0 fully saturated rings. The summed E-state index contributed by atoms with van der Waals surface area (Å²) in [6, 6.07) is 7.85. The summed E-state index contributed by atoms with van der Waals surface area (Å²) >= 11 is 2.16. The fraction of sp³-hybridized carbons (Fsp3) is 0.150. The van der Waals surface area contributed by atoms with Gasteiger partial charge in [0.15, 0.2) is 17.2 Å². The number of carboxylic acids is 1. The molecule has 0 saturated heterocycles. The van der Waals surface area contributed by atoms with E-state index in [4.69, 9.17) is 0 Å². The molecule has 1 atom stereocenters. The van der Waals surface area contributed by atoms with E-state index in [1.807, 2.05) is 0 Å². The number of thiophene rings is 1. The first-order valence-electron chi connectivity index (χ1n) is 9.02. The zero-order valence-electron chi connectivity index (χ0n) is 16.0. The fourth-order valence-corrected chi connectivity index (χ4v) is 5.47. The third-order valence-electron chi connectivity index (χ3n) is 4.82. The molecule has 7 nitrogen and oxygen atoms in total. The Hall–Kier alpha value is -3.02. The lowest BCUT2D eigenvalue weighted by Crippen LogP contribution is -2.22. The van der Waals surface area contributed by atoms with E-state index in [9.17, 15) is 28.8 Å². The summed E-state index contributed by atoms with van der Waals surface area (Å²) < 4.78 is 29.0. The van der Waals surface area contributed by atoms with Crippen LogP contribution in [0.5, 0.6) is 0 Å². The molecule has 0 amide bonds. The van der Waals surface area contributed by atoms with Gasteiger partial charge in [0.25, 0.3) is 0 Å². The topological polar surface area (TPSA) is 102 Å². The number of rotatable bonds is 6. The molecule has 0 saturated carbocycles. The van der Waals surface area contributed by atoms with Gasteiger partial charge in [-0.3, -0.25) is 10.7 Å². The molecule has 160 valence electrons. The van der Waals surface area contributed by atoms with Crippen molar-refractivity contribution in [3.63, 3.8) is 0 Å². The molecule has 0 bridgehead atoms. The Labute approximate surface area is 183 Å². The molecule has 11 heteroatoms. The number of thioether (sulfide) groups is 1. The number of fused-ring (bicyclic) bond motifs is 1. The lowest BCUT2D eigenvalue weighted by Gasteiger charge is -2.06. The zero-order valence-corrected chi connectivity index (χ0v) is 17.6. The maximum atomic E-state index is 14.5. The first-order valence-corrected chi connectivity index (χ1v) is 10.8. The molecule has 4 N–H and O–H groups in total. The van der Waals surface area contributed by atoms with Crippen LogP contribution in [0.2, 0.25) is 0 Å². The van der Waals surface area contributed by atoms with Gasteiger partial charge in [0.05, 0.1) is 21.0 Å². The molecule has 0 radical (unpaired) electrons. The number of halogens is 2. The summed E-state index contributed by atoms with van der Waals surface area (Å²) in [5, 5.41) is 22.9. The van der Waals surface area contributed by atoms with Crippen molar-refractivity contribution in [2.45, 2.75) is 17.2 Å². The number of nitrogens with zero attached hydrogens (tertiary/aromatic N) is 1. The summed E-state index contributed by atoms with van der Waals surface area (Å²) in [4.78, 5) is 25.5. The maximum absolute atomic E-state index is 14.5. The Morgan fingerprint density at radius 1 is 1.23 bits per heavy atom. The number of anilines is 2. The SMILES string of the molecule is Cc1ccc(-c2csc([N+](=O)CC3Nc4cccc(NO)c4S3)c2C(=O)O)c(F)c1F. The van der Waals surface area contributed by atoms with Crippen LogP contribution in [-0.2, 0) is 0 Å². The van der Waals surface area contributed by atoms with Gasteiger partial charge >= 0.3 is 11.0 Å². The van der Waals surface area contributed by atoms with Gasteiger partial charge in [-0.05, 0) is 24.6 Å². The fourth-order valence-electron chi connectivity index (χ4n) is 3.32. The van der Waals surface area contributed by atoms with Crippen LogP contribution in [0, 0.1) is 23.5 Å². The standard InChI is InChI=1S/C20H15F2N3O4S2/c1-9-5-6-10(17(22)16(9)21)11-8-30-19(15(11)20(26)27)25(29)7-14-23-12-3-2-4-13(24-28)18(12)31-14/h2-6,8,14,23-24,28H,7H2,1H3/p+1. The van der Waals surface area contributed by atoms with Crippen molar-refractivity contribution in [3.05, 3.63) is 63.4 Å². The average molecular weight is 464 g/mol. The third kappa shape index (κ3) is 3.75. The molecule has 1 unspecified atom stereocenters. The summed E-state index contributed by atoms with van der Waals surface area (Å²) in [5.41, 5.74) is 2.77. The maximum Gasteiger partial charge on any atom is 0.344 e. The van der Waals surface area contributed by atoms with Crippen molar-refractivity contribution in [2.24, 2.45) is 0 Å². The highest BCUT2D eigenvalue weighted by atomic mass is 32.2. The predicted octanol–water partition coefficient (Wildman–Crippen LogP) is 5.46. The molecule has 4 rings (SSSR count). The quantitative estimate of drug-likeness (QED) is 0.284. The van der Waals surface area contributed by atoms with E-state index in [0.717, 1.165) is 21.9 Å². The number of benzene rings is 2. The molecule has 0 aliphatic carbocycles. The van der Waals surface area contributed by atoms with Crippen LogP contribution in [0.3, 0.4) is 0 Å². The van der Waals surface area contributed by atoms with Crippen molar-refractivity contribution in [2.75, 3.05) is 17.3 Å². The van der Waals surface area contributed by atoms with E-state index < -0.39 is 23.0 Å². The summed E-state index contributed by atoms with van der Waals surface area (Å²) in [6.07, 6.45) is 0. The Morgan fingerprint density at radius 2 is 2.00 bits per heavy atom. The third-order valence-corrected chi connectivity index (χ3v) is 7.03. The van der Waals surface area contributed by atoms with Gasteiger partial charge in [-0.15, -0.1) is 0 Å². The van der Waals surface area contributed by atoms with Gasteiger partial charge in [-0.1, -0.05) is 41.3 Å². The molecule has 2 heterocycles. The highest BCUT2D eigenvalue weighted by Crippen LogP contribution is 2.44. The minimum Gasteiger partial charge on any atom is -0.477 e. The number of hydrogen-bond acceptors (Lipinski definition) is 7. The van der Waals surface area contributed by atoms with Gasteiger partial charge in [0.2, 0.25) is 6.54 Å². The molecule has 1 aliphatic rings. The van der Waals surface area contributed by atoms with Crippen LogP contribution in [0.4, 0.5) is 25.2 Å². The number of nitroso groups, excluding NO2 is 1. The summed E-state index contributed by atoms with van der Waals surface area (Å²) in [6.45, 7) is 1.29. The van der Waals surface area contributed by atoms with E-state index in [2.05, 4.69) is 10.8 Å². The van der Waals surface area contributed by atoms with Crippen LogP contribution < -0.4 is 10.8 Å². The summed E-state index contributed by atoms with van der Waals surface area (Å²) in [7, 11) is 0. The monoisotopic (exact) mass is 464 g/mol. The van der Waals surface area contributed by atoms with Crippen LogP contribution in [0.25, 0.3) is 11.1 Å². The second kappa shape index (κ2) is 8.25. The highest BCUT2D eigenvalue weighted by Gasteiger charge is 2.36. The smallest absolute Gasteiger partial charge is 0.344 e. The predicted molar refractivity (Wildman–Crippen MR) is 115 cm³/mol. The largest absolute Gasteiger partial charge is 0.477 e. The number of nitrogens with one attached hydrogen (secondary N) is 2. The molecule has 1 aliphatic heterocycles. The number of carbonyl (C=O) groups is 1. The van der Waals surface area contributed by atoms with Gasteiger partial charge < -0.3 is 10.4 Å². The lowest BCUT2D eigenvalue weighted by atomic mass is 10.0. The van der Waals surface area contributed by atoms with Crippen LogP contribution in [0.1, 0.15) is 15.9 Å². The Bertz CT molecular complexity index is 1220. The van der Waals surface area contributed by atoms with Crippen LogP contribution >= 0.6 is 23.1 Å². The Balaban J connectivity index is 1.63. The first-order chi connectivity index (χ1) is 14.8. The van der Waals surface area contributed by atoms with Gasteiger partial charge in [0, 0.05) is 21.4 Å². The number of aryl methyl sites for hydroxylation is 1. The number of aromatic carboxylic acids is 1. The van der Waals surface area contributed by atoms with E-state index in [1.54, 1.807) is 18.2 Å². The zero-order chi connectivity index (χ0) is 22.3. The van der Waals surface area contributed by atoms with Gasteiger partial charge in [-0.25, -0.2) is 13.6 Å². The van der Waals surface area contributed by atoms with Crippen molar-refractivity contribution in [3.8, 4) is 11.1 Å². The van der Waals surface area contributed by atoms with E-state index >= 15 is 0 Å². The molecule has 3 aromatic rings. The number of carboxylic acid groups (broad SMARTS) is 1. The first kappa shape index (κ1) is 21.2.